The molecule has 1 saturated heterocycles. The standard InChI is InChI=1S/C24H30FN3O5/c1-16-20(32-21-11-7-6-10-18(21)25)13-12-19(28(30)31)22(16)27-14-8-9-17(27)15-26(5)23(29)33-24(2,3)4/h6-7,10-13,17H,8-9,14-15H2,1-5H3/t17-/m1/s1. The van der Waals surface area contributed by atoms with E-state index >= 15 is 0 Å². The molecular weight excluding hydrogens is 429 g/mol. The Hall–Kier alpha value is -3.36. The Morgan fingerprint density at radius 3 is 2.58 bits per heavy atom. The van der Waals surface area contributed by atoms with Crippen molar-refractivity contribution in [3.63, 3.8) is 0 Å². The molecule has 0 N–H and O–H groups in total. The van der Waals surface area contributed by atoms with Gasteiger partial charge in [0.15, 0.2) is 11.6 Å². The summed E-state index contributed by atoms with van der Waals surface area (Å²) < 4.78 is 25.3. The highest BCUT2D eigenvalue weighted by Crippen LogP contribution is 2.42. The molecule has 0 bridgehead atoms. The van der Waals surface area contributed by atoms with E-state index in [1.54, 1.807) is 46.9 Å². The maximum absolute atomic E-state index is 14.1. The van der Waals surface area contributed by atoms with Crippen molar-refractivity contribution in [1.29, 1.82) is 0 Å². The van der Waals surface area contributed by atoms with Gasteiger partial charge in [0.1, 0.15) is 17.0 Å². The zero-order valence-corrected chi connectivity index (χ0v) is 19.6. The van der Waals surface area contributed by atoms with Crippen LogP contribution < -0.4 is 9.64 Å². The van der Waals surface area contributed by atoms with Crippen LogP contribution in [0.3, 0.4) is 0 Å². The van der Waals surface area contributed by atoms with Crippen LogP contribution in [0.25, 0.3) is 0 Å². The van der Waals surface area contributed by atoms with Gasteiger partial charge < -0.3 is 19.3 Å². The molecule has 2 aromatic carbocycles. The lowest BCUT2D eigenvalue weighted by Crippen LogP contribution is -2.43. The number of benzene rings is 2. The SMILES string of the molecule is Cc1c(Oc2ccccc2F)ccc([N+](=O)[O-])c1N1CCC[C@@H]1CN(C)C(=O)OC(C)(C)C. The summed E-state index contributed by atoms with van der Waals surface area (Å²) in [6.45, 7) is 8.07. The highest BCUT2D eigenvalue weighted by atomic mass is 19.1. The molecule has 33 heavy (non-hydrogen) atoms. The molecule has 8 nitrogen and oxygen atoms in total. The van der Waals surface area contributed by atoms with Gasteiger partial charge in [-0.2, -0.15) is 0 Å². The van der Waals surface area contributed by atoms with Crippen LogP contribution in [0.15, 0.2) is 36.4 Å². The quantitative estimate of drug-likeness (QED) is 0.409. The summed E-state index contributed by atoms with van der Waals surface area (Å²) in [7, 11) is 1.66. The Labute approximate surface area is 193 Å². The number of carbonyl (C=O) groups is 1. The first-order chi connectivity index (χ1) is 15.5. The van der Waals surface area contributed by atoms with E-state index in [0.29, 0.717) is 30.1 Å². The highest BCUT2D eigenvalue weighted by molar-refractivity contribution is 5.73. The van der Waals surface area contributed by atoms with E-state index in [-0.39, 0.29) is 17.5 Å². The summed E-state index contributed by atoms with van der Waals surface area (Å²) >= 11 is 0. The summed E-state index contributed by atoms with van der Waals surface area (Å²) in [6.07, 6.45) is 1.14. The maximum Gasteiger partial charge on any atom is 0.410 e. The van der Waals surface area contributed by atoms with Crippen LogP contribution in [0.5, 0.6) is 11.5 Å². The Bertz CT molecular complexity index is 1040. The van der Waals surface area contributed by atoms with Crippen molar-refractivity contribution in [2.75, 3.05) is 25.0 Å². The Balaban J connectivity index is 1.91. The van der Waals surface area contributed by atoms with E-state index in [0.717, 1.165) is 12.8 Å². The second-order valence-electron chi connectivity index (χ2n) is 9.20. The number of nitrogens with zero attached hydrogens (tertiary/aromatic N) is 3. The molecule has 2 aromatic rings. The number of ether oxygens (including phenoxy) is 2. The summed E-state index contributed by atoms with van der Waals surface area (Å²) in [4.78, 5) is 27.3. The lowest BCUT2D eigenvalue weighted by molar-refractivity contribution is -0.384. The number of nitro groups is 1. The van der Waals surface area contributed by atoms with Crippen molar-refractivity contribution in [2.24, 2.45) is 0 Å². The number of rotatable bonds is 6. The molecule has 0 saturated carbocycles. The van der Waals surface area contributed by atoms with Crippen LogP contribution >= 0.6 is 0 Å². The summed E-state index contributed by atoms with van der Waals surface area (Å²) in [6, 6.07) is 8.75. The van der Waals surface area contributed by atoms with Gasteiger partial charge in [0.2, 0.25) is 0 Å². The molecule has 1 atom stereocenters. The third kappa shape index (κ3) is 5.71. The fraction of sp³-hybridized carbons (Fsp3) is 0.458. The molecular formula is C24H30FN3O5. The minimum Gasteiger partial charge on any atom is -0.454 e. The monoisotopic (exact) mass is 459 g/mol. The third-order valence-electron chi connectivity index (χ3n) is 5.47. The Morgan fingerprint density at radius 2 is 1.94 bits per heavy atom. The average molecular weight is 460 g/mol. The zero-order valence-electron chi connectivity index (χ0n) is 19.6. The van der Waals surface area contributed by atoms with Crippen LogP contribution in [0.4, 0.5) is 20.6 Å². The second kappa shape index (κ2) is 9.64. The number of anilines is 1. The smallest absolute Gasteiger partial charge is 0.410 e. The lowest BCUT2D eigenvalue weighted by Gasteiger charge is -2.32. The van der Waals surface area contributed by atoms with E-state index in [1.807, 2.05) is 4.90 Å². The minimum atomic E-state index is -0.617. The number of hydrogen-bond acceptors (Lipinski definition) is 6. The molecule has 0 spiro atoms. The van der Waals surface area contributed by atoms with E-state index in [2.05, 4.69) is 0 Å². The van der Waals surface area contributed by atoms with Crippen LogP contribution in [-0.2, 0) is 4.74 Å². The number of nitro benzene ring substituents is 1. The first kappa shape index (κ1) is 24.3. The van der Waals surface area contributed by atoms with Crippen LogP contribution in [0.2, 0.25) is 0 Å². The molecule has 0 aromatic heterocycles. The van der Waals surface area contributed by atoms with E-state index in [4.69, 9.17) is 9.47 Å². The van der Waals surface area contributed by atoms with E-state index in [1.165, 1.54) is 29.2 Å². The number of para-hydroxylation sites is 1. The molecule has 1 fully saturated rings. The van der Waals surface area contributed by atoms with Crippen molar-refractivity contribution in [1.82, 2.24) is 4.90 Å². The Morgan fingerprint density at radius 1 is 1.24 bits per heavy atom. The van der Waals surface area contributed by atoms with Gasteiger partial charge in [0.25, 0.3) is 5.69 Å². The lowest BCUT2D eigenvalue weighted by atomic mass is 10.1. The van der Waals surface area contributed by atoms with Crippen LogP contribution in [-0.4, -0.2) is 47.7 Å². The van der Waals surface area contributed by atoms with Gasteiger partial charge in [-0.05, 0) is 58.7 Å². The van der Waals surface area contributed by atoms with Gasteiger partial charge in [0.05, 0.1) is 4.92 Å². The van der Waals surface area contributed by atoms with Crippen molar-refractivity contribution in [2.45, 2.75) is 52.2 Å². The van der Waals surface area contributed by atoms with Gasteiger partial charge in [-0.25, -0.2) is 9.18 Å². The van der Waals surface area contributed by atoms with Crippen molar-refractivity contribution < 1.29 is 23.6 Å². The molecule has 1 aliphatic heterocycles. The van der Waals surface area contributed by atoms with Gasteiger partial charge >= 0.3 is 6.09 Å². The number of halogens is 1. The second-order valence-corrected chi connectivity index (χ2v) is 9.20. The van der Waals surface area contributed by atoms with Gasteiger partial charge in [-0.15, -0.1) is 0 Å². The molecule has 0 aliphatic carbocycles. The van der Waals surface area contributed by atoms with Crippen molar-refractivity contribution in [3.05, 3.63) is 57.9 Å². The van der Waals surface area contributed by atoms with Gasteiger partial charge in [-0.3, -0.25) is 10.1 Å². The van der Waals surface area contributed by atoms with Gasteiger partial charge in [0, 0.05) is 37.8 Å². The first-order valence-electron chi connectivity index (χ1n) is 10.9. The van der Waals surface area contributed by atoms with E-state index in [9.17, 15) is 19.3 Å². The molecule has 1 heterocycles. The predicted molar refractivity (Wildman–Crippen MR) is 124 cm³/mol. The summed E-state index contributed by atoms with van der Waals surface area (Å²) in [5, 5.41) is 11.8. The van der Waals surface area contributed by atoms with Crippen molar-refractivity contribution in [3.8, 4) is 11.5 Å². The predicted octanol–water partition coefficient (Wildman–Crippen LogP) is 5.67. The first-order valence-corrected chi connectivity index (χ1v) is 10.9. The third-order valence-corrected chi connectivity index (χ3v) is 5.47. The molecule has 178 valence electrons. The molecule has 1 amide bonds. The molecule has 1 aliphatic rings. The average Bonchev–Trinajstić information content (AvgIpc) is 3.17. The topological polar surface area (TPSA) is 85.2 Å². The number of likely N-dealkylation sites (N-methyl/N-ethyl adjacent to an activating group) is 1. The largest absolute Gasteiger partial charge is 0.454 e. The molecule has 0 unspecified atom stereocenters. The Kier molecular flexibility index (Phi) is 7.09. The molecule has 9 heteroatoms. The maximum atomic E-state index is 14.1. The van der Waals surface area contributed by atoms with Crippen LogP contribution in [0.1, 0.15) is 39.2 Å². The fourth-order valence-electron chi connectivity index (χ4n) is 3.98. The van der Waals surface area contributed by atoms with E-state index < -0.39 is 22.4 Å². The summed E-state index contributed by atoms with van der Waals surface area (Å²) in [5.41, 5.74) is 0.294. The number of carbonyl (C=O) groups excluding carboxylic acids is 1. The minimum absolute atomic E-state index is 0.0445. The molecule has 0 radical (unpaired) electrons. The normalized spacial score (nSPS) is 15.9. The number of hydrogen-bond donors (Lipinski definition) is 0. The molecule has 3 rings (SSSR count). The zero-order chi connectivity index (χ0) is 24.3. The highest BCUT2D eigenvalue weighted by Gasteiger charge is 2.34. The summed E-state index contributed by atoms with van der Waals surface area (Å²) in [5.74, 6) is -0.135. The van der Waals surface area contributed by atoms with Crippen LogP contribution in [0, 0.1) is 22.9 Å². The van der Waals surface area contributed by atoms with Gasteiger partial charge in [-0.1, -0.05) is 12.1 Å². The van der Waals surface area contributed by atoms with Crippen molar-refractivity contribution >= 4 is 17.5 Å². The fourth-order valence-corrected chi connectivity index (χ4v) is 3.98. The number of amides is 1.